The number of hydrogen-bond donors (Lipinski definition) is 0. The van der Waals surface area contributed by atoms with E-state index < -0.39 is 23.1 Å². The number of rotatable bonds is 4. The maximum Gasteiger partial charge on any atom is 0.509 e. The van der Waals surface area contributed by atoms with Crippen LogP contribution in [0.4, 0.5) is 18.6 Å². The summed E-state index contributed by atoms with van der Waals surface area (Å²) < 4.78 is 41.9. The molecule has 0 amide bonds. The lowest BCUT2D eigenvalue weighted by atomic mass is 9.80. The third-order valence-corrected chi connectivity index (χ3v) is 1.86. The van der Waals surface area contributed by atoms with Gasteiger partial charge in [0.25, 0.3) is 0 Å². The molecular weight excluding hydrogens is 226 g/mol. The van der Waals surface area contributed by atoms with E-state index >= 15 is 0 Å². The Labute approximate surface area is 89.2 Å². The van der Waals surface area contributed by atoms with Crippen LogP contribution in [0.3, 0.4) is 0 Å². The fourth-order valence-electron chi connectivity index (χ4n) is 1.16. The summed E-state index contributed by atoms with van der Waals surface area (Å²) in [6.07, 6.45) is 0. The molecule has 0 aliphatic carbocycles. The van der Waals surface area contributed by atoms with E-state index in [0.717, 1.165) is 12.1 Å². The van der Waals surface area contributed by atoms with Gasteiger partial charge in [-0.05, 0) is 19.1 Å². The second-order valence-corrected chi connectivity index (χ2v) is 2.99. The molecule has 4 nitrogen and oxygen atoms in total. The lowest BCUT2D eigenvalue weighted by Gasteiger charge is -2.15. The highest BCUT2D eigenvalue weighted by Gasteiger charge is 2.28. The van der Waals surface area contributed by atoms with Gasteiger partial charge in [0.05, 0.1) is 11.5 Å². The fourth-order valence-corrected chi connectivity index (χ4v) is 1.16. The second kappa shape index (κ2) is 4.42. The molecule has 0 radical (unpaired) electrons. The highest BCUT2D eigenvalue weighted by Crippen LogP contribution is 2.26. The van der Waals surface area contributed by atoms with Crippen LogP contribution in [0, 0.1) is 10.1 Å². The van der Waals surface area contributed by atoms with Crippen molar-refractivity contribution in [3.8, 4) is 5.75 Å². The average molecular weight is 234 g/mol. The van der Waals surface area contributed by atoms with Crippen molar-refractivity contribution in [3.05, 3.63) is 28.3 Å². The van der Waals surface area contributed by atoms with Gasteiger partial charge in [0, 0.05) is 0 Å². The summed E-state index contributed by atoms with van der Waals surface area (Å²) in [7, 11) is 0. The van der Waals surface area contributed by atoms with Crippen molar-refractivity contribution in [2.75, 3.05) is 6.61 Å². The molecule has 0 aliphatic rings. The molecule has 0 unspecified atom stereocenters. The van der Waals surface area contributed by atoms with E-state index in [0.29, 0.717) is 6.07 Å². The molecule has 0 N–H and O–H groups in total. The van der Waals surface area contributed by atoms with Crippen LogP contribution < -0.4 is 10.2 Å². The van der Waals surface area contributed by atoms with Crippen LogP contribution in [0.25, 0.3) is 0 Å². The lowest BCUT2D eigenvalue weighted by molar-refractivity contribution is -0.385. The number of benzene rings is 1. The van der Waals surface area contributed by atoms with Gasteiger partial charge in [0.1, 0.15) is 0 Å². The highest BCUT2D eigenvalue weighted by molar-refractivity contribution is 6.73. The van der Waals surface area contributed by atoms with E-state index in [1.165, 1.54) is 0 Å². The first-order valence-electron chi connectivity index (χ1n) is 4.47. The Kier molecular flexibility index (Phi) is 3.41. The van der Waals surface area contributed by atoms with Crippen molar-refractivity contribution in [3.63, 3.8) is 0 Å². The van der Waals surface area contributed by atoms with Crippen molar-refractivity contribution >= 4 is 18.1 Å². The van der Waals surface area contributed by atoms with Crippen LogP contribution in [0.5, 0.6) is 5.75 Å². The Bertz CT molecular complexity index is 408. The van der Waals surface area contributed by atoms with Gasteiger partial charge in [-0.3, -0.25) is 10.1 Å². The Hall–Kier alpha value is -1.73. The zero-order valence-electron chi connectivity index (χ0n) is 8.32. The summed E-state index contributed by atoms with van der Waals surface area (Å²) in [6, 6.07) is 2.23. The zero-order valence-corrected chi connectivity index (χ0v) is 8.32. The summed E-state index contributed by atoms with van der Waals surface area (Å²) in [4.78, 5) is 9.65. The summed E-state index contributed by atoms with van der Waals surface area (Å²) in [6.45, 7) is -3.50. The molecule has 88 valence electrons. The zero-order chi connectivity index (χ0) is 12.3. The molecule has 0 spiro atoms. The summed E-state index contributed by atoms with van der Waals surface area (Å²) in [5.41, 5.74) is -1.67. The number of nitro groups is 1. The molecule has 0 saturated heterocycles. The SMILES string of the molecule is CCOc1ccc([B-](F)(F)F)cc1[N+](=O)[O-]. The van der Waals surface area contributed by atoms with Crippen molar-refractivity contribution in [1.29, 1.82) is 0 Å². The minimum atomic E-state index is -5.24. The molecule has 1 aromatic carbocycles. The van der Waals surface area contributed by atoms with Crippen LogP contribution in [0.1, 0.15) is 6.92 Å². The monoisotopic (exact) mass is 234 g/mol. The van der Waals surface area contributed by atoms with Crippen molar-refractivity contribution in [1.82, 2.24) is 0 Å². The van der Waals surface area contributed by atoms with Gasteiger partial charge in [-0.15, -0.1) is 5.46 Å². The van der Waals surface area contributed by atoms with Crippen LogP contribution in [-0.4, -0.2) is 18.5 Å². The maximum absolute atomic E-state index is 12.3. The van der Waals surface area contributed by atoms with Gasteiger partial charge in [-0.2, -0.15) is 0 Å². The highest BCUT2D eigenvalue weighted by atomic mass is 19.4. The van der Waals surface area contributed by atoms with Crippen LogP contribution in [0.2, 0.25) is 0 Å². The molecule has 0 bridgehead atoms. The third kappa shape index (κ3) is 2.65. The summed E-state index contributed by atoms with van der Waals surface area (Å²) in [5.74, 6) is -0.156. The molecule has 0 aromatic heterocycles. The van der Waals surface area contributed by atoms with Crippen molar-refractivity contribution < 1.29 is 22.6 Å². The Morgan fingerprint density at radius 2 is 2.06 bits per heavy atom. The fraction of sp³-hybridized carbons (Fsp3) is 0.250. The first-order chi connectivity index (χ1) is 7.36. The largest absolute Gasteiger partial charge is 0.509 e. The number of ether oxygens (including phenoxy) is 1. The van der Waals surface area contributed by atoms with Gasteiger partial charge in [0.2, 0.25) is 0 Å². The Morgan fingerprint density at radius 3 is 2.50 bits per heavy atom. The smallest absolute Gasteiger partial charge is 0.487 e. The molecule has 1 aromatic rings. The first-order valence-corrected chi connectivity index (χ1v) is 4.47. The average Bonchev–Trinajstić information content (AvgIpc) is 2.16. The molecule has 0 heterocycles. The minimum absolute atomic E-state index is 0.150. The van der Waals surface area contributed by atoms with E-state index in [1.807, 2.05) is 0 Å². The van der Waals surface area contributed by atoms with Gasteiger partial charge >= 0.3 is 12.7 Å². The van der Waals surface area contributed by atoms with E-state index in [1.54, 1.807) is 6.92 Å². The van der Waals surface area contributed by atoms with Gasteiger partial charge in [-0.25, -0.2) is 0 Å². The minimum Gasteiger partial charge on any atom is -0.487 e. The molecule has 16 heavy (non-hydrogen) atoms. The molecule has 1 rings (SSSR count). The van der Waals surface area contributed by atoms with Gasteiger partial charge in [0.15, 0.2) is 5.75 Å². The lowest BCUT2D eigenvalue weighted by Crippen LogP contribution is -2.34. The van der Waals surface area contributed by atoms with Gasteiger partial charge < -0.3 is 17.7 Å². The van der Waals surface area contributed by atoms with Crippen molar-refractivity contribution in [2.45, 2.75) is 6.92 Å². The van der Waals surface area contributed by atoms with Crippen molar-refractivity contribution in [2.24, 2.45) is 0 Å². The molecule has 8 heteroatoms. The van der Waals surface area contributed by atoms with E-state index in [9.17, 15) is 23.1 Å². The predicted octanol–water partition coefficient (Wildman–Crippen LogP) is 2.05. The van der Waals surface area contributed by atoms with Crippen LogP contribution in [-0.2, 0) is 0 Å². The molecule has 0 atom stereocenters. The van der Waals surface area contributed by atoms with E-state index in [4.69, 9.17) is 4.74 Å². The standard InChI is InChI=1S/C8H8BF3NO3/c1-2-16-8-4-3-6(9(10,11)12)5-7(8)13(14)15/h3-5H,2H2,1H3/q-1. The number of halogens is 3. The molecule has 0 fully saturated rings. The van der Waals surface area contributed by atoms with Crippen LogP contribution in [0.15, 0.2) is 18.2 Å². The molecule has 0 saturated carbocycles. The second-order valence-electron chi connectivity index (χ2n) is 2.99. The molecule has 0 aliphatic heterocycles. The number of hydrogen-bond acceptors (Lipinski definition) is 3. The van der Waals surface area contributed by atoms with Gasteiger partial charge in [-0.1, -0.05) is 6.07 Å². The maximum atomic E-state index is 12.3. The summed E-state index contributed by atoms with van der Waals surface area (Å²) in [5, 5.41) is 10.5. The predicted molar refractivity (Wildman–Crippen MR) is 53.0 cm³/mol. The number of nitrogens with zero attached hydrogens (tertiary/aromatic N) is 1. The first kappa shape index (κ1) is 12.3. The Balaban J connectivity index is 3.23. The molecular formula is C8H8BF3NO3-. The Morgan fingerprint density at radius 1 is 1.44 bits per heavy atom. The van der Waals surface area contributed by atoms with E-state index in [-0.39, 0.29) is 12.4 Å². The topological polar surface area (TPSA) is 52.4 Å². The quantitative estimate of drug-likeness (QED) is 0.455. The van der Waals surface area contributed by atoms with Crippen LogP contribution >= 0.6 is 0 Å². The number of nitro benzene ring substituents is 1. The van der Waals surface area contributed by atoms with E-state index in [2.05, 4.69) is 0 Å². The summed E-state index contributed by atoms with van der Waals surface area (Å²) >= 11 is 0. The normalized spacial score (nSPS) is 11.2. The third-order valence-electron chi connectivity index (χ3n) is 1.86.